The van der Waals surface area contributed by atoms with Crippen molar-refractivity contribution >= 4 is 33.5 Å². The third-order valence-corrected chi connectivity index (χ3v) is 6.65. The standard InChI is InChI=1S/C24H19N3OS2/c28-23(21-17-30-24-25-20(16-27(21)24)22-12-7-13-29-22)26(14-18-8-3-1-4-9-18)15-19-10-5-2-6-11-19/h1-13,16-17H,14-15H2. The molecule has 2 aromatic carbocycles. The highest BCUT2D eigenvalue weighted by Gasteiger charge is 2.22. The van der Waals surface area contributed by atoms with Gasteiger partial charge in [0.15, 0.2) is 4.96 Å². The summed E-state index contributed by atoms with van der Waals surface area (Å²) in [6.07, 6.45) is 1.97. The molecule has 0 atom stereocenters. The first kappa shape index (κ1) is 18.8. The average molecular weight is 430 g/mol. The summed E-state index contributed by atoms with van der Waals surface area (Å²) >= 11 is 3.15. The Morgan fingerprint density at radius 1 is 0.867 bits per heavy atom. The Labute approximate surface area is 182 Å². The Kier molecular flexibility index (Phi) is 5.17. The van der Waals surface area contributed by atoms with Crippen LogP contribution < -0.4 is 0 Å². The quantitative estimate of drug-likeness (QED) is 0.334. The number of hydrogen-bond acceptors (Lipinski definition) is 4. The van der Waals surface area contributed by atoms with Gasteiger partial charge in [-0.25, -0.2) is 4.98 Å². The molecule has 1 amide bonds. The van der Waals surface area contributed by atoms with Crippen LogP contribution in [0.3, 0.4) is 0 Å². The van der Waals surface area contributed by atoms with Crippen molar-refractivity contribution in [3.8, 4) is 10.6 Å². The summed E-state index contributed by atoms with van der Waals surface area (Å²) in [7, 11) is 0. The molecule has 4 nitrogen and oxygen atoms in total. The van der Waals surface area contributed by atoms with Crippen LogP contribution in [0.4, 0.5) is 0 Å². The fraction of sp³-hybridized carbons (Fsp3) is 0.0833. The van der Waals surface area contributed by atoms with Crippen LogP contribution >= 0.6 is 22.7 Å². The number of imidazole rings is 1. The molecule has 0 aliphatic heterocycles. The van der Waals surface area contributed by atoms with Gasteiger partial charge in [0.2, 0.25) is 0 Å². The molecule has 6 heteroatoms. The monoisotopic (exact) mass is 429 g/mol. The molecule has 0 saturated carbocycles. The number of amides is 1. The van der Waals surface area contributed by atoms with Gasteiger partial charge in [0.05, 0.1) is 4.88 Å². The van der Waals surface area contributed by atoms with E-state index in [1.807, 2.05) is 68.7 Å². The van der Waals surface area contributed by atoms with E-state index in [4.69, 9.17) is 4.98 Å². The number of thiophene rings is 1. The first-order valence-electron chi connectivity index (χ1n) is 9.65. The van der Waals surface area contributed by atoms with Crippen molar-refractivity contribution < 1.29 is 4.79 Å². The molecule has 148 valence electrons. The Morgan fingerprint density at radius 3 is 2.13 bits per heavy atom. The molecule has 0 spiro atoms. The third-order valence-electron chi connectivity index (χ3n) is 4.92. The smallest absolute Gasteiger partial charge is 0.272 e. The van der Waals surface area contributed by atoms with E-state index in [-0.39, 0.29) is 5.91 Å². The molecule has 3 aromatic heterocycles. The predicted molar refractivity (Wildman–Crippen MR) is 123 cm³/mol. The highest BCUT2D eigenvalue weighted by molar-refractivity contribution is 7.15. The predicted octanol–water partition coefficient (Wildman–Crippen LogP) is 5.97. The second kappa shape index (κ2) is 8.26. The van der Waals surface area contributed by atoms with Crippen molar-refractivity contribution in [3.63, 3.8) is 0 Å². The number of rotatable bonds is 6. The number of carbonyl (C=O) groups excluding carboxylic acids is 1. The van der Waals surface area contributed by atoms with Gasteiger partial charge < -0.3 is 4.90 Å². The normalized spacial score (nSPS) is 11.1. The summed E-state index contributed by atoms with van der Waals surface area (Å²) in [5.74, 6) is 0.00378. The molecular formula is C24H19N3OS2. The van der Waals surface area contributed by atoms with Crippen molar-refractivity contribution in [2.24, 2.45) is 0 Å². The number of aromatic nitrogens is 2. The van der Waals surface area contributed by atoms with Crippen molar-refractivity contribution in [3.05, 3.63) is 107 Å². The Balaban J connectivity index is 1.49. The fourth-order valence-electron chi connectivity index (χ4n) is 3.45. The van der Waals surface area contributed by atoms with E-state index in [1.54, 1.807) is 11.3 Å². The summed E-state index contributed by atoms with van der Waals surface area (Å²) in [4.78, 5) is 22.2. The highest BCUT2D eigenvalue weighted by Crippen LogP contribution is 2.27. The van der Waals surface area contributed by atoms with E-state index in [0.717, 1.165) is 26.7 Å². The third kappa shape index (κ3) is 3.79. The molecule has 5 aromatic rings. The van der Waals surface area contributed by atoms with Gasteiger partial charge in [-0.15, -0.1) is 22.7 Å². The van der Waals surface area contributed by atoms with E-state index in [0.29, 0.717) is 18.8 Å². The van der Waals surface area contributed by atoms with Gasteiger partial charge in [-0.3, -0.25) is 9.20 Å². The molecule has 3 heterocycles. The number of hydrogen-bond donors (Lipinski definition) is 0. The van der Waals surface area contributed by atoms with Crippen LogP contribution in [0.25, 0.3) is 15.5 Å². The van der Waals surface area contributed by atoms with Crippen molar-refractivity contribution in [1.29, 1.82) is 0 Å². The SMILES string of the molecule is O=C(c1csc2nc(-c3cccs3)cn12)N(Cc1ccccc1)Cc1ccccc1. The molecule has 0 unspecified atom stereocenters. The van der Waals surface area contributed by atoms with E-state index in [2.05, 4.69) is 30.3 Å². The summed E-state index contributed by atoms with van der Waals surface area (Å²) in [6, 6.07) is 24.3. The number of thiazole rings is 1. The van der Waals surface area contributed by atoms with Gasteiger partial charge in [-0.05, 0) is 22.6 Å². The zero-order valence-electron chi connectivity index (χ0n) is 16.1. The zero-order chi connectivity index (χ0) is 20.3. The van der Waals surface area contributed by atoms with Crippen molar-refractivity contribution in [2.75, 3.05) is 0 Å². The molecular weight excluding hydrogens is 410 g/mol. The second-order valence-corrected chi connectivity index (χ2v) is 8.79. The van der Waals surface area contributed by atoms with E-state index >= 15 is 0 Å². The van der Waals surface area contributed by atoms with Crippen LogP contribution in [0.5, 0.6) is 0 Å². The Hall–Kier alpha value is -3.22. The van der Waals surface area contributed by atoms with Crippen molar-refractivity contribution in [1.82, 2.24) is 14.3 Å². The maximum atomic E-state index is 13.6. The zero-order valence-corrected chi connectivity index (χ0v) is 17.8. The number of nitrogens with zero attached hydrogens (tertiary/aromatic N) is 3. The van der Waals surface area contributed by atoms with Crippen molar-refractivity contribution in [2.45, 2.75) is 13.1 Å². The van der Waals surface area contributed by atoms with Gasteiger partial charge in [0.25, 0.3) is 5.91 Å². The van der Waals surface area contributed by atoms with Gasteiger partial charge in [-0.1, -0.05) is 66.7 Å². The number of fused-ring (bicyclic) bond motifs is 1. The number of carbonyl (C=O) groups is 1. The van der Waals surface area contributed by atoms with Crippen LogP contribution in [0.2, 0.25) is 0 Å². The topological polar surface area (TPSA) is 37.6 Å². The molecule has 0 bridgehead atoms. The summed E-state index contributed by atoms with van der Waals surface area (Å²) in [5.41, 5.74) is 3.78. The molecule has 0 radical (unpaired) electrons. The lowest BCUT2D eigenvalue weighted by Gasteiger charge is -2.23. The molecule has 5 rings (SSSR count). The maximum absolute atomic E-state index is 13.6. The summed E-state index contributed by atoms with van der Waals surface area (Å²) in [6.45, 7) is 1.11. The fourth-order valence-corrected chi connectivity index (χ4v) is 4.98. The number of benzene rings is 2. The molecule has 0 aliphatic carbocycles. The van der Waals surface area contributed by atoms with Gasteiger partial charge in [0.1, 0.15) is 11.4 Å². The van der Waals surface area contributed by atoms with E-state index < -0.39 is 0 Å². The largest absolute Gasteiger partial charge is 0.329 e. The van der Waals surface area contributed by atoms with Crippen LogP contribution in [-0.2, 0) is 13.1 Å². The molecule has 30 heavy (non-hydrogen) atoms. The average Bonchev–Trinajstić information content (AvgIpc) is 3.51. The summed E-state index contributed by atoms with van der Waals surface area (Å²) in [5, 5.41) is 3.95. The highest BCUT2D eigenvalue weighted by atomic mass is 32.1. The Bertz CT molecular complexity index is 1220. The minimum atomic E-state index is 0.00378. The second-order valence-electron chi connectivity index (χ2n) is 7.01. The molecule has 0 fully saturated rings. The van der Waals surface area contributed by atoms with E-state index in [9.17, 15) is 4.79 Å². The maximum Gasteiger partial charge on any atom is 0.272 e. The minimum Gasteiger partial charge on any atom is -0.329 e. The van der Waals surface area contributed by atoms with Crippen LogP contribution in [0.15, 0.2) is 89.8 Å². The van der Waals surface area contributed by atoms with Crippen LogP contribution in [0.1, 0.15) is 21.6 Å². The lowest BCUT2D eigenvalue weighted by Crippen LogP contribution is -2.30. The molecule has 0 saturated heterocycles. The Morgan fingerprint density at radius 2 is 1.53 bits per heavy atom. The lowest BCUT2D eigenvalue weighted by molar-refractivity contribution is 0.0723. The first-order chi connectivity index (χ1) is 14.8. The van der Waals surface area contributed by atoms with E-state index in [1.165, 1.54) is 11.3 Å². The van der Waals surface area contributed by atoms with Gasteiger partial charge in [0, 0.05) is 24.7 Å². The minimum absolute atomic E-state index is 0.00378. The van der Waals surface area contributed by atoms with Crippen LogP contribution in [-0.4, -0.2) is 20.2 Å². The van der Waals surface area contributed by atoms with Gasteiger partial charge >= 0.3 is 0 Å². The first-order valence-corrected chi connectivity index (χ1v) is 11.4. The van der Waals surface area contributed by atoms with Crippen LogP contribution in [0, 0.1) is 0 Å². The molecule has 0 N–H and O–H groups in total. The van der Waals surface area contributed by atoms with Gasteiger partial charge in [-0.2, -0.15) is 0 Å². The lowest BCUT2D eigenvalue weighted by atomic mass is 10.1. The summed E-state index contributed by atoms with van der Waals surface area (Å²) < 4.78 is 1.92. The molecule has 0 aliphatic rings.